The Morgan fingerprint density at radius 2 is 2.09 bits per heavy atom. The highest BCUT2D eigenvalue weighted by molar-refractivity contribution is 7.51. The molecule has 1 aliphatic rings. The van der Waals surface area contributed by atoms with Crippen LogP contribution in [0.3, 0.4) is 0 Å². The summed E-state index contributed by atoms with van der Waals surface area (Å²) in [6.45, 7) is 1.44. The van der Waals surface area contributed by atoms with E-state index < -0.39 is 38.5 Å². The Kier molecular flexibility index (Phi) is 7.17. The Labute approximate surface area is 197 Å². The number of nitrogens with zero attached hydrogens (tertiary/aromatic N) is 4. The topological polar surface area (TPSA) is 172 Å². The minimum absolute atomic E-state index is 0.127. The summed E-state index contributed by atoms with van der Waals surface area (Å²) in [5.74, 6) is -0.0670. The lowest BCUT2D eigenvalue weighted by atomic mass is 10.1. The Morgan fingerprint density at radius 3 is 2.79 bits per heavy atom. The number of hydrogen-bond acceptors (Lipinski definition) is 9. The van der Waals surface area contributed by atoms with E-state index in [0.29, 0.717) is 16.8 Å². The van der Waals surface area contributed by atoms with Gasteiger partial charge in [-0.1, -0.05) is 12.1 Å². The van der Waals surface area contributed by atoms with E-state index >= 15 is 0 Å². The van der Waals surface area contributed by atoms with E-state index in [-0.39, 0.29) is 29.4 Å². The summed E-state index contributed by atoms with van der Waals surface area (Å²) < 4.78 is 36.3. The van der Waals surface area contributed by atoms with Gasteiger partial charge in [0.1, 0.15) is 36.3 Å². The van der Waals surface area contributed by atoms with Crippen molar-refractivity contribution in [2.45, 2.75) is 37.5 Å². The quantitative estimate of drug-likeness (QED) is 0.217. The van der Waals surface area contributed by atoms with Gasteiger partial charge in [-0.2, -0.15) is 15.1 Å². The van der Waals surface area contributed by atoms with Crippen LogP contribution in [0.15, 0.2) is 30.5 Å². The minimum Gasteiger partial charge on any atom is -0.387 e. The molecule has 12 nitrogen and oxygen atoms in total. The molecule has 4 rings (SSSR count). The largest absolute Gasteiger partial charge is 0.387 e. The van der Waals surface area contributed by atoms with Gasteiger partial charge in [0.2, 0.25) is 5.28 Å². The second kappa shape index (κ2) is 9.80. The third-order valence-electron chi connectivity index (χ3n) is 5.25. The maximum absolute atomic E-state index is 13.6. The van der Waals surface area contributed by atoms with Crippen LogP contribution in [0.1, 0.15) is 24.8 Å². The van der Waals surface area contributed by atoms with E-state index in [0.717, 1.165) is 0 Å². The fourth-order valence-electron chi connectivity index (χ4n) is 3.62. The van der Waals surface area contributed by atoms with E-state index in [9.17, 15) is 19.2 Å². The fourth-order valence-corrected chi connectivity index (χ4v) is 4.12. The van der Waals surface area contributed by atoms with Gasteiger partial charge in [-0.05, 0) is 36.2 Å². The Hall–Kier alpha value is -2.22. The van der Waals surface area contributed by atoms with E-state index in [4.69, 9.17) is 30.9 Å². The lowest BCUT2D eigenvalue weighted by Gasteiger charge is -2.17. The molecule has 184 valence electrons. The molecular formula is C19H22ClFN5O7P. The first-order valence-corrected chi connectivity index (χ1v) is 12.3. The van der Waals surface area contributed by atoms with Crippen LogP contribution in [0.2, 0.25) is 5.28 Å². The standard InChI is InChI=1S/C19H22ClFN5O7P/c1-9(10-3-2-4-11(21)5-10)23-16-12-6-22-26(17(12)25-19(20)24-16)18-15(28)14(27)13(33-18)7-32-8-34(29,30)31/h2-6,9,13-15,18,27-28H,7-8H2,1H3,(H,23,24,25)(H2,29,30,31)/t9?,13-,14-,15-,18-/m1/s1. The maximum Gasteiger partial charge on any atom is 0.350 e. The van der Waals surface area contributed by atoms with E-state index in [2.05, 4.69) is 20.4 Å². The number of aliphatic hydroxyl groups excluding tert-OH is 2. The average molecular weight is 518 g/mol. The normalized spacial score (nSPS) is 24.0. The first-order valence-electron chi connectivity index (χ1n) is 10.1. The van der Waals surface area contributed by atoms with Crippen LogP contribution in [-0.4, -0.2) is 71.0 Å². The van der Waals surface area contributed by atoms with Crippen molar-refractivity contribution in [3.63, 3.8) is 0 Å². The summed E-state index contributed by atoms with van der Waals surface area (Å²) in [7, 11) is -4.40. The van der Waals surface area contributed by atoms with Gasteiger partial charge in [0.15, 0.2) is 11.9 Å². The average Bonchev–Trinajstić information content (AvgIpc) is 3.29. The summed E-state index contributed by atoms with van der Waals surface area (Å²) in [5, 5.41) is 28.5. The number of hydrogen-bond donors (Lipinski definition) is 5. The summed E-state index contributed by atoms with van der Waals surface area (Å²) >= 11 is 6.11. The number of aliphatic hydroxyl groups is 2. The molecule has 1 aliphatic heterocycles. The predicted octanol–water partition coefficient (Wildman–Crippen LogP) is 1.56. The van der Waals surface area contributed by atoms with Crippen molar-refractivity contribution in [1.82, 2.24) is 19.7 Å². The number of halogens is 2. The predicted molar refractivity (Wildman–Crippen MR) is 118 cm³/mol. The van der Waals surface area contributed by atoms with Gasteiger partial charge in [-0.15, -0.1) is 0 Å². The lowest BCUT2D eigenvalue weighted by molar-refractivity contribution is -0.0658. The highest BCUT2D eigenvalue weighted by atomic mass is 35.5. The number of ether oxygens (including phenoxy) is 2. The molecule has 1 aromatic carbocycles. The molecule has 3 heterocycles. The summed E-state index contributed by atoms with van der Waals surface area (Å²) in [6, 6.07) is 5.72. The summed E-state index contributed by atoms with van der Waals surface area (Å²) in [4.78, 5) is 26.2. The van der Waals surface area contributed by atoms with Crippen LogP contribution in [0, 0.1) is 5.82 Å². The molecule has 1 saturated heterocycles. The van der Waals surface area contributed by atoms with Crippen molar-refractivity contribution >= 4 is 36.0 Å². The van der Waals surface area contributed by atoms with Crippen LogP contribution in [0.25, 0.3) is 11.0 Å². The van der Waals surface area contributed by atoms with Gasteiger partial charge in [0, 0.05) is 0 Å². The van der Waals surface area contributed by atoms with E-state index in [1.165, 1.54) is 23.0 Å². The molecule has 3 aromatic rings. The fraction of sp³-hybridized carbons (Fsp3) is 0.421. The Bertz CT molecular complexity index is 1230. The van der Waals surface area contributed by atoms with Crippen molar-refractivity contribution in [3.8, 4) is 0 Å². The molecular weight excluding hydrogens is 496 g/mol. The SMILES string of the molecule is CC(Nc1nc(Cl)nc2c1cnn2[C@@H]1O[C@H](COCP(=O)(O)O)[C@@H](O)[C@H]1O)c1cccc(F)c1. The molecule has 15 heteroatoms. The molecule has 5 N–H and O–H groups in total. The van der Waals surface area contributed by atoms with E-state index in [1.54, 1.807) is 12.1 Å². The first kappa shape index (κ1) is 24.9. The van der Waals surface area contributed by atoms with Gasteiger partial charge >= 0.3 is 7.60 Å². The molecule has 0 aliphatic carbocycles. The van der Waals surface area contributed by atoms with Crippen molar-refractivity contribution in [1.29, 1.82) is 0 Å². The molecule has 2 aromatic heterocycles. The minimum atomic E-state index is -4.40. The molecule has 0 spiro atoms. The van der Waals surface area contributed by atoms with E-state index in [1.807, 2.05) is 6.92 Å². The van der Waals surface area contributed by atoms with Crippen molar-refractivity contribution in [2.24, 2.45) is 0 Å². The van der Waals surface area contributed by atoms with Gasteiger partial charge in [0.25, 0.3) is 0 Å². The number of aromatic nitrogens is 4. The van der Waals surface area contributed by atoms with Gasteiger partial charge in [-0.25, -0.2) is 9.07 Å². The maximum atomic E-state index is 13.6. The molecule has 0 radical (unpaired) electrons. The number of rotatable bonds is 8. The van der Waals surface area contributed by atoms with Crippen molar-refractivity contribution in [2.75, 3.05) is 18.3 Å². The van der Waals surface area contributed by atoms with Crippen LogP contribution in [0.5, 0.6) is 0 Å². The third kappa shape index (κ3) is 5.37. The molecule has 1 unspecified atom stereocenters. The number of fused-ring (bicyclic) bond motifs is 1. The summed E-state index contributed by atoms with van der Waals surface area (Å²) in [5.41, 5.74) is 0.869. The first-order chi connectivity index (χ1) is 16.0. The molecule has 0 saturated carbocycles. The molecule has 1 fully saturated rings. The van der Waals surface area contributed by atoms with Crippen molar-refractivity contribution in [3.05, 3.63) is 47.1 Å². The molecule has 0 bridgehead atoms. The zero-order valence-electron chi connectivity index (χ0n) is 17.7. The van der Waals surface area contributed by atoms with Crippen LogP contribution < -0.4 is 5.32 Å². The second-order valence-corrected chi connectivity index (χ2v) is 9.73. The highest BCUT2D eigenvalue weighted by Crippen LogP contribution is 2.36. The van der Waals surface area contributed by atoms with Crippen LogP contribution in [0.4, 0.5) is 10.2 Å². The zero-order chi connectivity index (χ0) is 24.6. The number of benzene rings is 1. The number of anilines is 1. The lowest BCUT2D eigenvalue weighted by Crippen LogP contribution is -2.34. The monoisotopic (exact) mass is 517 g/mol. The second-order valence-electron chi connectivity index (χ2n) is 7.80. The molecule has 34 heavy (non-hydrogen) atoms. The summed E-state index contributed by atoms with van der Waals surface area (Å²) in [6.07, 6.45) is -4.55. The smallest absolute Gasteiger partial charge is 0.350 e. The van der Waals surface area contributed by atoms with Crippen LogP contribution >= 0.6 is 19.2 Å². The number of nitrogens with one attached hydrogen (secondary N) is 1. The van der Waals surface area contributed by atoms with Gasteiger partial charge < -0.3 is 34.8 Å². The Morgan fingerprint density at radius 1 is 1.32 bits per heavy atom. The Balaban J connectivity index is 1.57. The highest BCUT2D eigenvalue weighted by Gasteiger charge is 2.45. The molecule has 5 atom stereocenters. The zero-order valence-corrected chi connectivity index (χ0v) is 19.3. The molecule has 0 amide bonds. The van der Waals surface area contributed by atoms with Crippen LogP contribution in [-0.2, 0) is 14.0 Å². The van der Waals surface area contributed by atoms with Gasteiger partial charge in [-0.3, -0.25) is 4.57 Å². The van der Waals surface area contributed by atoms with Gasteiger partial charge in [0.05, 0.1) is 24.2 Å². The third-order valence-corrected chi connectivity index (χ3v) is 5.94. The van der Waals surface area contributed by atoms with Crippen molar-refractivity contribution < 1.29 is 38.4 Å².